The van der Waals surface area contributed by atoms with E-state index in [0.717, 1.165) is 11.1 Å². The Morgan fingerprint density at radius 3 is 2.59 bits per heavy atom. The topological polar surface area (TPSA) is 57.6 Å². The van der Waals surface area contributed by atoms with Crippen LogP contribution in [0.1, 0.15) is 18.1 Å². The van der Waals surface area contributed by atoms with E-state index in [-0.39, 0.29) is 12.3 Å². The number of fused-ring (bicyclic) bond motifs is 1. The summed E-state index contributed by atoms with van der Waals surface area (Å²) in [5.41, 5.74) is 2.19. The average molecular weight is 233 g/mol. The number of aliphatic carboxylic acids is 1. The third-order valence-corrected chi connectivity index (χ3v) is 3.06. The molecule has 17 heavy (non-hydrogen) atoms. The lowest BCUT2D eigenvalue weighted by Gasteiger charge is -2.33. The highest BCUT2D eigenvalue weighted by atomic mass is 16.4. The number of hydrogen-bond donors (Lipinski definition) is 1. The molecular formula is C13H15NO3. The minimum atomic E-state index is -0.860. The van der Waals surface area contributed by atoms with Crippen molar-refractivity contribution in [3.8, 4) is 0 Å². The Kier molecular flexibility index (Phi) is 3.24. The molecule has 1 aromatic carbocycles. The molecule has 0 amide bonds. The standard InChI is InChI=1S/C13H15NO3/c1-9(15)7-14-8-11-5-3-2-4-10(11)6-12(14)13(16)17/h2-5,12H,6-8H2,1H3,(H,16,17). The molecule has 1 unspecified atom stereocenters. The van der Waals surface area contributed by atoms with Crippen molar-refractivity contribution in [1.29, 1.82) is 0 Å². The first-order chi connectivity index (χ1) is 8.08. The second-order valence-corrected chi connectivity index (χ2v) is 4.43. The Bertz CT molecular complexity index is 456. The summed E-state index contributed by atoms with van der Waals surface area (Å²) in [5, 5.41) is 9.19. The van der Waals surface area contributed by atoms with Crippen molar-refractivity contribution in [1.82, 2.24) is 4.90 Å². The van der Waals surface area contributed by atoms with Gasteiger partial charge in [-0.2, -0.15) is 0 Å². The van der Waals surface area contributed by atoms with Crippen LogP contribution in [0.3, 0.4) is 0 Å². The summed E-state index contributed by atoms with van der Waals surface area (Å²) in [6, 6.07) is 7.20. The number of ketones is 1. The van der Waals surface area contributed by atoms with E-state index < -0.39 is 12.0 Å². The minimum absolute atomic E-state index is 0.00405. The SMILES string of the molecule is CC(=O)CN1Cc2ccccc2CC1C(=O)O. The summed E-state index contributed by atoms with van der Waals surface area (Å²) >= 11 is 0. The van der Waals surface area contributed by atoms with Crippen LogP contribution in [0, 0.1) is 0 Å². The number of nitrogens with zero attached hydrogens (tertiary/aromatic N) is 1. The number of carboxylic acid groups (broad SMARTS) is 1. The molecule has 1 heterocycles. The molecule has 1 aliphatic heterocycles. The highest BCUT2D eigenvalue weighted by Gasteiger charge is 2.31. The Morgan fingerprint density at radius 1 is 1.35 bits per heavy atom. The summed E-state index contributed by atoms with van der Waals surface area (Å²) in [4.78, 5) is 24.1. The first kappa shape index (κ1) is 11.8. The maximum absolute atomic E-state index is 11.2. The van der Waals surface area contributed by atoms with Crippen LogP contribution in [0.5, 0.6) is 0 Å². The van der Waals surface area contributed by atoms with Crippen LogP contribution in [-0.2, 0) is 22.6 Å². The van der Waals surface area contributed by atoms with Crippen LogP contribution in [-0.4, -0.2) is 34.3 Å². The maximum atomic E-state index is 11.2. The van der Waals surface area contributed by atoms with Crippen LogP contribution < -0.4 is 0 Å². The molecule has 0 bridgehead atoms. The fourth-order valence-electron chi connectivity index (χ4n) is 2.27. The van der Waals surface area contributed by atoms with Crippen molar-refractivity contribution in [2.75, 3.05) is 6.54 Å². The highest BCUT2D eigenvalue weighted by Crippen LogP contribution is 2.23. The molecule has 0 fully saturated rings. The molecule has 1 aliphatic rings. The Morgan fingerprint density at radius 2 is 2.00 bits per heavy atom. The smallest absolute Gasteiger partial charge is 0.321 e. The summed E-state index contributed by atoms with van der Waals surface area (Å²) in [6.07, 6.45) is 0.471. The normalized spacial score (nSPS) is 19.7. The zero-order chi connectivity index (χ0) is 12.4. The quantitative estimate of drug-likeness (QED) is 0.849. The van der Waals surface area contributed by atoms with E-state index in [4.69, 9.17) is 0 Å². The molecule has 1 N–H and O–H groups in total. The van der Waals surface area contributed by atoms with Gasteiger partial charge >= 0.3 is 5.97 Å². The number of carboxylic acids is 1. The monoisotopic (exact) mass is 233 g/mol. The van der Waals surface area contributed by atoms with Crippen molar-refractivity contribution in [3.05, 3.63) is 35.4 Å². The van der Waals surface area contributed by atoms with Crippen molar-refractivity contribution in [2.24, 2.45) is 0 Å². The fourth-order valence-corrected chi connectivity index (χ4v) is 2.27. The van der Waals surface area contributed by atoms with E-state index in [1.54, 1.807) is 4.90 Å². The third-order valence-electron chi connectivity index (χ3n) is 3.06. The molecule has 0 radical (unpaired) electrons. The van der Waals surface area contributed by atoms with Crippen molar-refractivity contribution >= 4 is 11.8 Å². The van der Waals surface area contributed by atoms with Gasteiger partial charge in [0.25, 0.3) is 0 Å². The molecule has 0 saturated carbocycles. The van der Waals surface area contributed by atoms with Gasteiger partial charge in [-0.05, 0) is 24.5 Å². The van der Waals surface area contributed by atoms with Gasteiger partial charge in [-0.3, -0.25) is 14.5 Å². The first-order valence-electron chi connectivity index (χ1n) is 5.61. The van der Waals surface area contributed by atoms with Gasteiger partial charge in [0, 0.05) is 6.54 Å². The lowest BCUT2D eigenvalue weighted by Crippen LogP contribution is -2.47. The number of carbonyl (C=O) groups excluding carboxylic acids is 1. The van der Waals surface area contributed by atoms with E-state index >= 15 is 0 Å². The number of rotatable bonds is 3. The molecule has 0 saturated heterocycles. The van der Waals surface area contributed by atoms with Gasteiger partial charge in [-0.15, -0.1) is 0 Å². The second kappa shape index (κ2) is 4.67. The summed E-state index contributed by atoms with van der Waals surface area (Å²) in [6.45, 7) is 2.22. The molecule has 90 valence electrons. The largest absolute Gasteiger partial charge is 0.480 e. The molecule has 4 nitrogen and oxygen atoms in total. The summed E-state index contributed by atoms with van der Waals surface area (Å²) < 4.78 is 0. The van der Waals surface area contributed by atoms with E-state index in [0.29, 0.717) is 13.0 Å². The highest BCUT2D eigenvalue weighted by molar-refractivity contribution is 5.80. The van der Waals surface area contributed by atoms with Crippen molar-refractivity contribution < 1.29 is 14.7 Å². The van der Waals surface area contributed by atoms with E-state index in [9.17, 15) is 14.7 Å². The van der Waals surface area contributed by atoms with Gasteiger partial charge < -0.3 is 5.11 Å². The molecule has 1 atom stereocenters. The van der Waals surface area contributed by atoms with Crippen LogP contribution >= 0.6 is 0 Å². The third kappa shape index (κ3) is 2.53. The molecule has 1 aromatic rings. The van der Waals surface area contributed by atoms with Crippen LogP contribution in [0.25, 0.3) is 0 Å². The lowest BCUT2D eigenvalue weighted by atomic mass is 9.94. The summed E-state index contributed by atoms with van der Waals surface area (Å²) in [7, 11) is 0. The summed E-state index contributed by atoms with van der Waals surface area (Å²) in [5.74, 6) is -0.864. The van der Waals surface area contributed by atoms with Crippen molar-refractivity contribution in [2.45, 2.75) is 25.9 Å². The van der Waals surface area contributed by atoms with Gasteiger partial charge in [0.2, 0.25) is 0 Å². The Hall–Kier alpha value is -1.68. The molecule has 2 rings (SSSR count). The van der Waals surface area contributed by atoms with Crippen molar-refractivity contribution in [3.63, 3.8) is 0 Å². The van der Waals surface area contributed by atoms with Crippen LogP contribution in [0.15, 0.2) is 24.3 Å². The molecule has 0 aromatic heterocycles. The zero-order valence-electron chi connectivity index (χ0n) is 9.72. The maximum Gasteiger partial charge on any atom is 0.321 e. The van der Waals surface area contributed by atoms with E-state index in [1.807, 2.05) is 24.3 Å². The number of benzene rings is 1. The minimum Gasteiger partial charge on any atom is -0.480 e. The predicted molar refractivity (Wildman–Crippen MR) is 62.7 cm³/mol. The molecular weight excluding hydrogens is 218 g/mol. The van der Waals surface area contributed by atoms with E-state index in [2.05, 4.69) is 0 Å². The van der Waals surface area contributed by atoms with Gasteiger partial charge in [0.15, 0.2) is 0 Å². The lowest BCUT2D eigenvalue weighted by molar-refractivity contribution is -0.144. The average Bonchev–Trinajstić information content (AvgIpc) is 2.27. The van der Waals surface area contributed by atoms with Gasteiger partial charge in [-0.25, -0.2) is 0 Å². The van der Waals surface area contributed by atoms with E-state index in [1.165, 1.54) is 6.92 Å². The molecule has 0 spiro atoms. The van der Waals surface area contributed by atoms with Crippen LogP contribution in [0.4, 0.5) is 0 Å². The Balaban J connectivity index is 2.27. The zero-order valence-corrected chi connectivity index (χ0v) is 9.72. The van der Waals surface area contributed by atoms with Gasteiger partial charge in [-0.1, -0.05) is 24.3 Å². The second-order valence-electron chi connectivity index (χ2n) is 4.43. The first-order valence-corrected chi connectivity index (χ1v) is 5.61. The van der Waals surface area contributed by atoms with Crippen LogP contribution in [0.2, 0.25) is 0 Å². The number of carbonyl (C=O) groups is 2. The fraction of sp³-hybridized carbons (Fsp3) is 0.385. The predicted octanol–water partition coefficient (Wildman–Crippen LogP) is 1.09. The molecule has 0 aliphatic carbocycles. The van der Waals surface area contributed by atoms with Gasteiger partial charge in [0.1, 0.15) is 11.8 Å². The Labute approximate surface area is 99.9 Å². The number of hydrogen-bond acceptors (Lipinski definition) is 3. The number of Topliss-reactive ketones (excluding diaryl/α,β-unsaturated/α-hetero) is 1. The molecule has 4 heteroatoms. The van der Waals surface area contributed by atoms with Gasteiger partial charge in [0.05, 0.1) is 6.54 Å².